The van der Waals surface area contributed by atoms with Crippen LogP contribution < -0.4 is 10.6 Å². The van der Waals surface area contributed by atoms with Crippen LogP contribution in [0.5, 0.6) is 0 Å². The molecule has 0 saturated heterocycles. The molecule has 0 rings (SSSR count). The van der Waals surface area contributed by atoms with Crippen molar-refractivity contribution in [2.45, 2.75) is 6.10 Å². The van der Waals surface area contributed by atoms with Crippen LogP contribution in [0.4, 0.5) is 0 Å². The van der Waals surface area contributed by atoms with E-state index in [0.29, 0.717) is 0 Å². The van der Waals surface area contributed by atoms with Gasteiger partial charge in [-0.3, -0.25) is 14.1 Å². The average Bonchev–Trinajstić information content (AvgIpc) is 2.29. The molecule has 0 aliphatic rings. The summed E-state index contributed by atoms with van der Waals surface area (Å²) in [5.41, 5.74) is 0. The number of phosphoric ester groups is 1. The zero-order valence-corrected chi connectivity index (χ0v) is 10.4. The van der Waals surface area contributed by atoms with Gasteiger partial charge in [0.25, 0.3) is 0 Å². The summed E-state index contributed by atoms with van der Waals surface area (Å²) in [6.45, 7) is 6.05. The van der Waals surface area contributed by atoms with E-state index < -0.39 is 25.7 Å². The minimum Gasteiger partial charge on any atom is -0.350 e. The number of phosphoric acid groups is 1. The van der Waals surface area contributed by atoms with Gasteiger partial charge in [-0.25, -0.2) is 4.57 Å². The smallest absolute Gasteiger partial charge is 0.350 e. The molecule has 0 saturated carbocycles. The largest absolute Gasteiger partial charge is 0.469 e. The Kier molecular flexibility index (Phi) is 7.14. The van der Waals surface area contributed by atoms with Gasteiger partial charge in [0, 0.05) is 13.1 Å². The second-order valence-corrected chi connectivity index (χ2v) is 4.31. The van der Waals surface area contributed by atoms with E-state index >= 15 is 0 Å². The summed E-state index contributed by atoms with van der Waals surface area (Å²) >= 11 is 0. The second-order valence-electron chi connectivity index (χ2n) is 3.12. The molecule has 8 nitrogen and oxygen atoms in total. The maximum Gasteiger partial charge on any atom is 0.469 e. The summed E-state index contributed by atoms with van der Waals surface area (Å²) in [7, 11) is -4.71. The Balaban J connectivity index is 4.37. The predicted molar refractivity (Wildman–Crippen MR) is 63.3 cm³/mol. The molecule has 0 unspecified atom stereocenters. The van der Waals surface area contributed by atoms with E-state index in [1.165, 1.54) is 0 Å². The van der Waals surface area contributed by atoms with E-state index in [0.717, 1.165) is 12.2 Å². The lowest BCUT2D eigenvalue weighted by atomic mass is 10.3. The van der Waals surface area contributed by atoms with Crippen molar-refractivity contribution in [3.8, 4) is 0 Å². The van der Waals surface area contributed by atoms with Gasteiger partial charge in [0.2, 0.25) is 11.8 Å². The molecule has 0 fully saturated rings. The summed E-state index contributed by atoms with van der Waals surface area (Å²) in [6.07, 6.45) is 0.923. The molecular weight excluding hydrogens is 263 g/mol. The van der Waals surface area contributed by atoms with Crippen molar-refractivity contribution in [3.05, 3.63) is 25.3 Å². The first kappa shape index (κ1) is 16.5. The van der Waals surface area contributed by atoms with Gasteiger partial charge < -0.3 is 20.4 Å². The first-order valence-electron chi connectivity index (χ1n) is 4.83. The Labute approximate surface area is 104 Å². The van der Waals surface area contributed by atoms with Crippen LogP contribution in [0.2, 0.25) is 0 Å². The van der Waals surface area contributed by atoms with Gasteiger partial charge in [-0.15, -0.1) is 0 Å². The number of nitrogens with one attached hydrogen (secondary N) is 2. The molecule has 0 aliphatic heterocycles. The lowest BCUT2D eigenvalue weighted by Crippen LogP contribution is -2.40. The van der Waals surface area contributed by atoms with Crippen molar-refractivity contribution in [2.24, 2.45) is 0 Å². The molecule has 0 aliphatic carbocycles. The highest BCUT2D eigenvalue weighted by atomic mass is 31.2. The van der Waals surface area contributed by atoms with E-state index in [1.54, 1.807) is 0 Å². The van der Waals surface area contributed by atoms with Gasteiger partial charge in [0.05, 0.1) is 0 Å². The third-order valence-corrected chi connectivity index (χ3v) is 2.24. The number of carbonyl (C=O) groups excluding carboxylic acids is 2. The van der Waals surface area contributed by atoms with Crippen molar-refractivity contribution in [3.63, 3.8) is 0 Å². The van der Waals surface area contributed by atoms with Crippen molar-refractivity contribution >= 4 is 19.6 Å². The average molecular weight is 278 g/mol. The molecule has 0 atom stereocenters. The molecule has 0 aromatic heterocycles. The van der Waals surface area contributed by atoms with Crippen LogP contribution in [0.3, 0.4) is 0 Å². The molecule has 4 N–H and O–H groups in total. The van der Waals surface area contributed by atoms with Gasteiger partial charge in [0.15, 0.2) is 0 Å². The SMILES string of the molecule is C=CC(=O)NCC(CNC(=O)C=C)OP(=O)(O)O. The Bertz CT molecular complexity index is 353. The maximum absolute atomic E-state index is 10.9. The highest BCUT2D eigenvalue weighted by Gasteiger charge is 2.22. The van der Waals surface area contributed by atoms with Crippen molar-refractivity contribution in [2.75, 3.05) is 13.1 Å². The Morgan fingerprint density at radius 2 is 1.56 bits per heavy atom. The number of carbonyl (C=O) groups is 2. The molecule has 18 heavy (non-hydrogen) atoms. The zero-order valence-electron chi connectivity index (χ0n) is 9.54. The Hall–Kier alpha value is -1.47. The van der Waals surface area contributed by atoms with Crippen molar-refractivity contribution in [1.82, 2.24) is 10.6 Å². The molecule has 0 bridgehead atoms. The van der Waals surface area contributed by atoms with Gasteiger partial charge in [-0.2, -0.15) is 0 Å². The molecule has 0 aromatic rings. The number of amides is 2. The first-order chi connectivity index (χ1) is 8.28. The van der Waals surface area contributed by atoms with Crippen LogP contribution >= 0.6 is 7.82 Å². The number of rotatable bonds is 8. The fourth-order valence-corrected chi connectivity index (χ4v) is 1.45. The molecule has 102 valence electrons. The van der Waals surface area contributed by atoms with Gasteiger partial charge >= 0.3 is 7.82 Å². The van der Waals surface area contributed by atoms with Crippen LogP contribution in [0.15, 0.2) is 25.3 Å². The van der Waals surface area contributed by atoms with Crippen molar-refractivity contribution < 1.29 is 28.5 Å². The van der Waals surface area contributed by atoms with Crippen LogP contribution in [0.25, 0.3) is 0 Å². The highest BCUT2D eigenvalue weighted by molar-refractivity contribution is 7.46. The highest BCUT2D eigenvalue weighted by Crippen LogP contribution is 2.37. The fraction of sp³-hybridized carbons (Fsp3) is 0.333. The third-order valence-electron chi connectivity index (χ3n) is 1.67. The Morgan fingerprint density at radius 3 is 1.83 bits per heavy atom. The summed E-state index contributed by atoms with van der Waals surface area (Å²) < 4.78 is 15.1. The topological polar surface area (TPSA) is 125 Å². The lowest BCUT2D eigenvalue weighted by Gasteiger charge is -2.18. The minimum absolute atomic E-state index is 0.187. The zero-order chi connectivity index (χ0) is 14.2. The van der Waals surface area contributed by atoms with Crippen LogP contribution in [0, 0.1) is 0 Å². The third kappa shape index (κ3) is 8.66. The van der Waals surface area contributed by atoms with Crippen LogP contribution in [-0.2, 0) is 18.7 Å². The van der Waals surface area contributed by atoms with Gasteiger partial charge in [-0.1, -0.05) is 13.2 Å². The van der Waals surface area contributed by atoms with E-state index in [1.807, 2.05) is 0 Å². The number of hydrogen-bond donors (Lipinski definition) is 4. The molecular formula is C9H15N2O6P. The monoisotopic (exact) mass is 278 g/mol. The number of hydrogen-bond acceptors (Lipinski definition) is 4. The first-order valence-corrected chi connectivity index (χ1v) is 6.36. The molecule has 0 aromatic carbocycles. The van der Waals surface area contributed by atoms with Gasteiger partial charge in [-0.05, 0) is 12.2 Å². The molecule has 2 amide bonds. The molecule has 0 spiro atoms. The fourth-order valence-electron chi connectivity index (χ4n) is 0.914. The maximum atomic E-state index is 10.9. The predicted octanol–water partition coefficient (Wildman–Crippen LogP) is -0.931. The summed E-state index contributed by atoms with van der Waals surface area (Å²) in [5.74, 6) is -1.05. The second kappa shape index (κ2) is 7.78. The summed E-state index contributed by atoms with van der Waals surface area (Å²) in [4.78, 5) is 39.1. The Morgan fingerprint density at radius 1 is 1.17 bits per heavy atom. The van der Waals surface area contributed by atoms with Crippen LogP contribution in [0.1, 0.15) is 0 Å². The van der Waals surface area contributed by atoms with E-state index in [2.05, 4.69) is 28.3 Å². The van der Waals surface area contributed by atoms with Crippen molar-refractivity contribution in [1.29, 1.82) is 0 Å². The molecule has 9 heteroatoms. The lowest BCUT2D eigenvalue weighted by molar-refractivity contribution is -0.116. The molecule has 0 radical (unpaired) electrons. The standard InChI is InChI=1S/C9H15N2O6P/c1-3-8(12)10-5-7(17-18(14,15)16)6-11-9(13)4-2/h3-4,7H,1-2,5-6H2,(H,10,12)(H,11,13)(H2,14,15,16). The summed E-state index contributed by atoms with van der Waals surface area (Å²) in [6, 6.07) is 0. The minimum atomic E-state index is -4.71. The van der Waals surface area contributed by atoms with Crippen LogP contribution in [-0.4, -0.2) is 40.8 Å². The van der Waals surface area contributed by atoms with Gasteiger partial charge in [0.1, 0.15) is 6.10 Å². The quantitative estimate of drug-likeness (QED) is 0.336. The normalized spacial score (nSPS) is 10.8. The molecule has 0 heterocycles. The van der Waals surface area contributed by atoms with E-state index in [-0.39, 0.29) is 13.1 Å². The van der Waals surface area contributed by atoms with E-state index in [4.69, 9.17) is 9.79 Å². The van der Waals surface area contributed by atoms with E-state index in [9.17, 15) is 14.2 Å². The summed E-state index contributed by atoms with van der Waals surface area (Å²) in [5, 5.41) is 4.59.